The minimum atomic E-state index is -0.541. The lowest BCUT2D eigenvalue weighted by Gasteiger charge is -2.37. The van der Waals surface area contributed by atoms with E-state index in [4.69, 9.17) is 43.9 Å². The number of anilines is 2. The van der Waals surface area contributed by atoms with Gasteiger partial charge >= 0.3 is 0 Å². The van der Waals surface area contributed by atoms with Crippen LogP contribution in [0.5, 0.6) is 0 Å². The monoisotopic (exact) mass is 566 g/mol. The molecule has 0 unspecified atom stereocenters. The lowest BCUT2D eigenvalue weighted by Crippen LogP contribution is -2.45. The van der Waals surface area contributed by atoms with Crippen molar-refractivity contribution in [3.63, 3.8) is 0 Å². The van der Waals surface area contributed by atoms with Crippen LogP contribution in [0, 0.1) is 5.41 Å². The van der Waals surface area contributed by atoms with Gasteiger partial charge in [-0.25, -0.2) is 4.98 Å². The second-order valence-electron chi connectivity index (χ2n) is 10.4. The molecule has 4 aromatic rings. The Morgan fingerprint density at radius 2 is 1.74 bits per heavy atom. The zero-order valence-electron chi connectivity index (χ0n) is 22.3. The molecule has 0 spiro atoms. The van der Waals surface area contributed by atoms with Gasteiger partial charge in [0.2, 0.25) is 11.9 Å². The van der Waals surface area contributed by atoms with Crippen molar-refractivity contribution >= 4 is 52.0 Å². The SMILES string of the molecule is CN(C)CCNc1nc(N2CCC(C)(C(N)=O)CC2)c2nc(-c3ccccc3Cl)n(-c3ccc(Cl)cc3)c2n1. The van der Waals surface area contributed by atoms with Gasteiger partial charge in [-0.05, 0) is 63.3 Å². The van der Waals surface area contributed by atoms with Gasteiger partial charge in [-0.2, -0.15) is 9.97 Å². The lowest BCUT2D eigenvalue weighted by atomic mass is 9.80. The second-order valence-corrected chi connectivity index (χ2v) is 11.3. The maximum absolute atomic E-state index is 12.1. The first-order valence-corrected chi connectivity index (χ1v) is 13.7. The topological polar surface area (TPSA) is 105 Å². The highest BCUT2D eigenvalue weighted by Gasteiger charge is 2.36. The molecule has 204 valence electrons. The predicted octanol–water partition coefficient (Wildman–Crippen LogP) is 4.85. The first kappa shape index (κ1) is 27.2. The molecule has 0 saturated carbocycles. The summed E-state index contributed by atoms with van der Waals surface area (Å²) in [5, 5.41) is 4.59. The Balaban J connectivity index is 1.70. The number of carbonyl (C=O) groups excluding carboxylic acids is 1. The van der Waals surface area contributed by atoms with Gasteiger partial charge in [0, 0.05) is 47.9 Å². The Labute approximate surface area is 237 Å². The van der Waals surface area contributed by atoms with E-state index in [0.29, 0.717) is 71.3 Å². The number of rotatable bonds is 8. The van der Waals surface area contributed by atoms with Gasteiger partial charge in [0.25, 0.3) is 0 Å². The number of nitrogens with two attached hydrogens (primary N) is 1. The fourth-order valence-electron chi connectivity index (χ4n) is 4.75. The molecule has 11 heteroatoms. The Kier molecular flexibility index (Phi) is 7.66. The highest BCUT2D eigenvalue weighted by molar-refractivity contribution is 6.33. The van der Waals surface area contributed by atoms with Crippen LogP contribution in [-0.2, 0) is 4.79 Å². The molecule has 0 atom stereocenters. The molecule has 1 fully saturated rings. The minimum absolute atomic E-state index is 0.269. The minimum Gasteiger partial charge on any atom is -0.369 e. The van der Waals surface area contributed by atoms with E-state index in [9.17, 15) is 4.79 Å². The van der Waals surface area contributed by atoms with Gasteiger partial charge in [-0.3, -0.25) is 9.36 Å². The summed E-state index contributed by atoms with van der Waals surface area (Å²) in [5.74, 6) is 1.59. The molecule has 9 nitrogen and oxygen atoms in total. The number of nitrogens with one attached hydrogen (secondary N) is 1. The van der Waals surface area contributed by atoms with Crippen molar-refractivity contribution in [2.75, 3.05) is 50.5 Å². The number of piperidine rings is 1. The number of likely N-dealkylation sites (N-methyl/N-ethyl adjacent to an activating group) is 1. The van der Waals surface area contributed by atoms with Crippen LogP contribution in [0.15, 0.2) is 48.5 Å². The summed E-state index contributed by atoms with van der Waals surface area (Å²) >= 11 is 12.9. The number of benzene rings is 2. The molecular formula is C28H32Cl2N8O. The average molecular weight is 568 g/mol. The largest absolute Gasteiger partial charge is 0.369 e. The summed E-state index contributed by atoms with van der Waals surface area (Å²) in [6.07, 6.45) is 1.26. The predicted molar refractivity (Wildman–Crippen MR) is 158 cm³/mol. The third kappa shape index (κ3) is 5.52. The van der Waals surface area contributed by atoms with Crippen LogP contribution in [0.3, 0.4) is 0 Å². The van der Waals surface area contributed by atoms with Crippen molar-refractivity contribution in [2.45, 2.75) is 19.8 Å². The zero-order chi connectivity index (χ0) is 27.7. The molecule has 3 N–H and O–H groups in total. The average Bonchev–Trinajstić information content (AvgIpc) is 3.28. The number of primary amides is 1. The van der Waals surface area contributed by atoms with E-state index < -0.39 is 5.41 Å². The first-order valence-electron chi connectivity index (χ1n) is 12.9. The third-order valence-electron chi connectivity index (χ3n) is 7.29. The van der Waals surface area contributed by atoms with Gasteiger partial charge in [-0.1, -0.05) is 42.3 Å². The van der Waals surface area contributed by atoms with Crippen LogP contribution in [0.1, 0.15) is 19.8 Å². The van der Waals surface area contributed by atoms with Gasteiger partial charge in [0.05, 0.1) is 5.02 Å². The Morgan fingerprint density at radius 1 is 1.05 bits per heavy atom. The van der Waals surface area contributed by atoms with Gasteiger partial charge in [0.1, 0.15) is 5.82 Å². The summed E-state index contributed by atoms with van der Waals surface area (Å²) in [6.45, 7) is 4.67. The van der Waals surface area contributed by atoms with Crippen LogP contribution in [-0.4, -0.2) is 70.6 Å². The molecule has 0 radical (unpaired) electrons. The van der Waals surface area contributed by atoms with E-state index in [0.717, 1.165) is 17.8 Å². The Bertz CT molecular complexity index is 1490. The van der Waals surface area contributed by atoms with Crippen molar-refractivity contribution < 1.29 is 4.79 Å². The molecule has 0 bridgehead atoms. The van der Waals surface area contributed by atoms with Crippen molar-refractivity contribution in [2.24, 2.45) is 11.1 Å². The van der Waals surface area contributed by atoms with Crippen molar-refractivity contribution in [3.05, 3.63) is 58.6 Å². The standard InChI is InChI=1S/C28H32Cl2N8O/c1-28(26(31)39)12-15-37(16-13-28)24-22-25(35-27(34-24)32-14-17-36(2)3)38(19-10-8-18(29)9-11-19)23(33-22)20-6-4-5-7-21(20)30/h4-11H,12-17H2,1-3H3,(H2,31,39)(H,32,34,35). The molecular weight excluding hydrogens is 535 g/mol. The van der Waals surface area contributed by atoms with E-state index in [1.54, 1.807) is 0 Å². The highest BCUT2D eigenvalue weighted by atomic mass is 35.5. The van der Waals surface area contributed by atoms with Crippen LogP contribution in [0.2, 0.25) is 10.0 Å². The summed E-state index contributed by atoms with van der Waals surface area (Å²) in [6, 6.07) is 15.2. The summed E-state index contributed by atoms with van der Waals surface area (Å²) in [7, 11) is 4.04. The lowest BCUT2D eigenvalue weighted by molar-refractivity contribution is -0.127. The maximum atomic E-state index is 12.1. The molecule has 2 aromatic carbocycles. The number of fused-ring (bicyclic) bond motifs is 1. The number of nitrogens with zero attached hydrogens (tertiary/aromatic N) is 6. The normalized spacial score (nSPS) is 15.2. The van der Waals surface area contributed by atoms with E-state index >= 15 is 0 Å². The van der Waals surface area contributed by atoms with Crippen LogP contribution < -0.4 is 16.0 Å². The second kappa shape index (κ2) is 11.0. The van der Waals surface area contributed by atoms with E-state index in [2.05, 4.69) is 15.1 Å². The van der Waals surface area contributed by atoms with Crippen LogP contribution in [0.4, 0.5) is 11.8 Å². The maximum Gasteiger partial charge on any atom is 0.226 e. The molecule has 1 aliphatic heterocycles. The number of halogens is 2. The van der Waals surface area contributed by atoms with Gasteiger partial charge in [0.15, 0.2) is 17.0 Å². The summed E-state index contributed by atoms with van der Waals surface area (Å²) in [5.41, 5.74) is 8.11. The molecule has 2 aromatic heterocycles. The fourth-order valence-corrected chi connectivity index (χ4v) is 5.10. The molecule has 1 aliphatic rings. The Hall–Kier alpha value is -3.40. The molecule has 3 heterocycles. The third-order valence-corrected chi connectivity index (χ3v) is 7.87. The number of hydrogen-bond donors (Lipinski definition) is 2. The number of imidazole rings is 1. The quantitative estimate of drug-likeness (QED) is 0.314. The van der Waals surface area contributed by atoms with Crippen molar-refractivity contribution in [1.82, 2.24) is 24.4 Å². The van der Waals surface area contributed by atoms with Crippen LogP contribution >= 0.6 is 23.2 Å². The molecule has 39 heavy (non-hydrogen) atoms. The smallest absolute Gasteiger partial charge is 0.226 e. The summed E-state index contributed by atoms with van der Waals surface area (Å²) in [4.78, 5) is 31.3. The van der Waals surface area contributed by atoms with E-state index in [-0.39, 0.29) is 5.91 Å². The first-order chi connectivity index (χ1) is 18.7. The van der Waals surface area contributed by atoms with E-state index in [1.165, 1.54) is 0 Å². The van der Waals surface area contributed by atoms with Crippen molar-refractivity contribution in [3.8, 4) is 17.1 Å². The summed E-state index contributed by atoms with van der Waals surface area (Å²) < 4.78 is 1.99. The fraction of sp³-hybridized carbons (Fsp3) is 0.357. The van der Waals surface area contributed by atoms with Gasteiger partial charge < -0.3 is 20.9 Å². The Morgan fingerprint density at radius 3 is 2.38 bits per heavy atom. The molecule has 1 amide bonds. The van der Waals surface area contributed by atoms with Crippen molar-refractivity contribution in [1.29, 1.82) is 0 Å². The highest BCUT2D eigenvalue weighted by Crippen LogP contribution is 2.38. The van der Waals surface area contributed by atoms with Crippen LogP contribution in [0.25, 0.3) is 28.2 Å². The molecule has 5 rings (SSSR count). The molecule has 1 saturated heterocycles. The number of amides is 1. The molecule has 0 aliphatic carbocycles. The van der Waals surface area contributed by atoms with E-state index in [1.807, 2.05) is 74.1 Å². The number of aromatic nitrogens is 4. The zero-order valence-corrected chi connectivity index (χ0v) is 23.8. The van der Waals surface area contributed by atoms with Gasteiger partial charge in [-0.15, -0.1) is 0 Å². The number of carbonyl (C=O) groups is 1. The number of hydrogen-bond acceptors (Lipinski definition) is 7.